The van der Waals surface area contributed by atoms with Crippen molar-refractivity contribution >= 4 is 29.3 Å². The molecule has 160 valence electrons. The van der Waals surface area contributed by atoms with Gasteiger partial charge in [-0.15, -0.1) is 0 Å². The van der Waals surface area contributed by atoms with Crippen LogP contribution in [0.25, 0.3) is 0 Å². The van der Waals surface area contributed by atoms with Gasteiger partial charge in [-0.25, -0.2) is 0 Å². The molecular weight excluding hydrogens is 362 g/mol. The summed E-state index contributed by atoms with van der Waals surface area (Å²) in [6, 6.07) is 0. The third kappa shape index (κ3) is 10.8. The van der Waals surface area contributed by atoms with E-state index < -0.39 is 22.6 Å². The first-order valence-corrected chi connectivity index (χ1v) is 9.48. The lowest BCUT2D eigenvalue weighted by molar-refractivity contribution is -0.135. The largest absolute Gasteiger partial charge is 0.347 e. The number of hydrogen-bond acceptors (Lipinski definition) is 5. The fourth-order valence-corrected chi connectivity index (χ4v) is 2.01. The molecule has 0 aromatic heterocycles. The minimum Gasteiger partial charge on any atom is -0.347 e. The topological polar surface area (TPSA) is 113 Å². The van der Waals surface area contributed by atoms with Crippen LogP contribution >= 0.6 is 0 Å². The van der Waals surface area contributed by atoms with Gasteiger partial charge in [0.05, 0.1) is 19.6 Å². The Morgan fingerprint density at radius 3 is 1.71 bits per heavy atom. The molecular formula is C20H35N3O5. The number of carbonyl (C=O) groups is 5. The molecule has 0 aliphatic rings. The van der Waals surface area contributed by atoms with Crippen LogP contribution in [0, 0.1) is 10.8 Å². The molecule has 0 rings (SSSR count). The molecule has 0 aromatic rings. The lowest BCUT2D eigenvalue weighted by atomic mass is 9.88. The number of ketones is 2. The van der Waals surface area contributed by atoms with Gasteiger partial charge in [-0.2, -0.15) is 0 Å². The number of nitrogens with one attached hydrogen (secondary N) is 2. The highest BCUT2D eigenvalue weighted by molar-refractivity contribution is 5.92. The fraction of sp³-hybridized carbons (Fsp3) is 0.750. The summed E-state index contributed by atoms with van der Waals surface area (Å²) >= 11 is 0. The molecule has 0 saturated carbocycles. The van der Waals surface area contributed by atoms with Gasteiger partial charge in [0, 0.05) is 30.7 Å². The summed E-state index contributed by atoms with van der Waals surface area (Å²) in [4.78, 5) is 60.4. The Balaban J connectivity index is 4.14. The number of hydrogen-bond donors (Lipinski definition) is 2. The van der Waals surface area contributed by atoms with E-state index in [0.717, 1.165) is 0 Å². The number of Topliss-reactive ketones (excluding diaryl/α,β-unsaturated/α-hetero) is 2. The number of rotatable bonds is 10. The van der Waals surface area contributed by atoms with Crippen molar-refractivity contribution in [3.05, 3.63) is 0 Å². The van der Waals surface area contributed by atoms with E-state index in [-0.39, 0.29) is 43.5 Å². The van der Waals surface area contributed by atoms with E-state index in [1.165, 1.54) is 11.9 Å². The van der Waals surface area contributed by atoms with Gasteiger partial charge in [0.2, 0.25) is 17.7 Å². The Labute approximate surface area is 167 Å². The van der Waals surface area contributed by atoms with Gasteiger partial charge in [-0.05, 0) is 6.42 Å². The standard InChI is InChI=1S/C20H35N3O5/c1-19(2,3)14(24)9-8-10-18(28)23(7)13-17(27)22-12-16(26)21-11-15(25)20(4,5)6/h8-13H2,1-7H3,(H,21,26)(H,22,27). The van der Waals surface area contributed by atoms with Crippen molar-refractivity contribution < 1.29 is 24.0 Å². The van der Waals surface area contributed by atoms with Crippen LogP contribution in [-0.2, 0) is 24.0 Å². The van der Waals surface area contributed by atoms with Crippen molar-refractivity contribution in [2.24, 2.45) is 10.8 Å². The van der Waals surface area contributed by atoms with Gasteiger partial charge in [0.15, 0.2) is 5.78 Å². The second-order valence-electron chi connectivity index (χ2n) is 9.00. The van der Waals surface area contributed by atoms with Crippen molar-refractivity contribution in [2.45, 2.75) is 60.8 Å². The molecule has 0 heterocycles. The molecule has 0 fully saturated rings. The first-order chi connectivity index (χ1) is 12.6. The second kappa shape index (κ2) is 10.9. The molecule has 8 nitrogen and oxygen atoms in total. The summed E-state index contributed by atoms with van der Waals surface area (Å²) < 4.78 is 0. The minimum atomic E-state index is -0.545. The van der Waals surface area contributed by atoms with Gasteiger partial charge in [-0.1, -0.05) is 41.5 Å². The molecule has 0 aliphatic carbocycles. The monoisotopic (exact) mass is 397 g/mol. The zero-order valence-corrected chi connectivity index (χ0v) is 18.2. The molecule has 28 heavy (non-hydrogen) atoms. The normalized spacial score (nSPS) is 11.5. The Hall–Kier alpha value is -2.25. The first-order valence-electron chi connectivity index (χ1n) is 9.48. The Kier molecular flexibility index (Phi) is 10.0. The summed E-state index contributed by atoms with van der Waals surface area (Å²) in [5.41, 5.74) is -0.968. The van der Waals surface area contributed by atoms with Gasteiger partial charge < -0.3 is 15.5 Å². The van der Waals surface area contributed by atoms with Gasteiger partial charge >= 0.3 is 0 Å². The maximum absolute atomic E-state index is 12.0. The third-order valence-electron chi connectivity index (χ3n) is 4.17. The van der Waals surface area contributed by atoms with Crippen molar-refractivity contribution in [1.29, 1.82) is 0 Å². The predicted octanol–water partition coefficient (Wildman–Crippen LogP) is 1.08. The molecule has 3 amide bonds. The van der Waals surface area contributed by atoms with Crippen LogP contribution < -0.4 is 10.6 Å². The smallest absolute Gasteiger partial charge is 0.240 e. The van der Waals surface area contributed by atoms with E-state index in [0.29, 0.717) is 12.8 Å². The highest BCUT2D eigenvalue weighted by atomic mass is 16.2. The van der Waals surface area contributed by atoms with E-state index in [2.05, 4.69) is 10.6 Å². The summed E-state index contributed by atoms with van der Waals surface area (Å²) in [6.45, 7) is 10.2. The second-order valence-corrected chi connectivity index (χ2v) is 9.00. The molecule has 0 unspecified atom stereocenters. The zero-order valence-electron chi connectivity index (χ0n) is 18.2. The van der Waals surface area contributed by atoms with Crippen LogP contribution in [0.3, 0.4) is 0 Å². The van der Waals surface area contributed by atoms with Crippen LogP contribution in [0.4, 0.5) is 0 Å². The van der Waals surface area contributed by atoms with Gasteiger partial charge in [-0.3, -0.25) is 24.0 Å². The van der Waals surface area contributed by atoms with Crippen LogP contribution in [0.1, 0.15) is 60.8 Å². The maximum Gasteiger partial charge on any atom is 0.240 e. The lowest BCUT2D eigenvalue weighted by Crippen LogP contribution is -2.44. The van der Waals surface area contributed by atoms with E-state index >= 15 is 0 Å². The van der Waals surface area contributed by atoms with Crippen LogP contribution in [0.15, 0.2) is 0 Å². The van der Waals surface area contributed by atoms with E-state index in [1.807, 2.05) is 20.8 Å². The van der Waals surface area contributed by atoms with Gasteiger partial charge in [0.25, 0.3) is 0 Å². The number of amides is 3. The molecule has 0 spiro atoms. The molecule has 2 N–H and O–H groups in total. The molecule has 0 bridgehead atoms. The third-order valence-corrected chi connectivity index (χ3v) is 4.17. The summed E-state index contributed by atoms with van der Waals surface area (Å²) in [5.74, 6) is -1.20. The van der Waals surface area contributed by atoms with Crippen molar-refractivity contribution in [3.63, 3.8) is 0 Å². The highest BCUT2D eigenvalue weighted by Gasteiger charge is 2.22. The summed E-state index contributed by atoms with van der Waals surface area (Å²) in [6.07, 6.45) is 0.939. The SMILES string of the molecule is CN(CC(=O)NCC(=O)NCC(=O)C(C)(C)C)C(=O)CCCC(=O)C(C)(C)C. The van der Waals surface area contributed by atoms with E-state index in [1.54, 1.807) is 20.8 Å². The van der Waals surface area contributed by atoms with Crippen LogP contribution in [0.2, 0.25) is 0 Å². The van der Waals surface area contributed by atoms with Crippen LogP contribution in [0.5, 0.6) is 0 Å². The molecule has 8 heteroatoms. The lowest BCUT2D eigenvalue weighted by Gasteiger charge is -2.19. The Morgan fingerprint density at radius 1 is 0.714 bits per heavy atom. The minimum absolute atomic E-state index is 0.0934. The molecule has 0 radical (unpaired) electrons. The zero-order chi connectivity index (χ0) is 22.1. The molecule has 0 aliphatic heterocycles. The van der Waals surface area contributed by atoms with Crippen molar-refractivity contribution in [1.82, 2.24) is 15.5 Å². The predicted molar refractivity (Wildman–Crippen MR) is 106 cm³/mol. The molecule has 0 atom stereocenters. The Bertz CT molecular complexity index is 600. The van der Waals surface area contributed by atoms with E-state index in [9.17, 15) is 24.0 Å². The number of nitrogens with zero attached hydrogens (tertiary/aromatic N) is 1. The molecule has 0 aromatic carbocycles. The van der Waals surface area contributed by atoms with Crippen molar-refractivity contribution in [3.8, 4) is 0 Å². The average molecular weight is 398 g/mol. The highest BCUT2D eigenvalue weighted by Crippen LogP contribution is 2.18. The fourth-order valence-electron chi connectivity index (χ4n) is 2.01. The average Bonchev–Trinajstić information content (AvgIpc) is 2.55. The Morgan fingerprint density at radius 2 is 1.21 bits per heavy atom. The van der Waals surface area contributed by atoms with Gasteiger partial charge in [0.1, 0.15) is 5.78 Å². The quantitative estimate of drug-likeness (QED) is 0.573. The number of carbonyl (C=O) groups excluding carboxylic acids is 5. The molecule has 0 saturated heterocycles. The maximum atomic E-state index is 12.0. The summed E-state index contributed by atoms with van der Waals surface area (Å²) in [5, 5.41) is 4.87. The van der Waals surface area contributed by atoms with Crippen LogP contribution in [-0.4, -0.2) is 60.9 Å². The summed E-state index contributed by atoms with van der Waals surface area (Å²) in [7, 11) is 1.50. The van der Waals surface area contributed by atoms with E-state index in [4.69, 9.17) is 0 Å². The van der Waals surface area contributed by atoms with Crippen molar-refractivity contribution in [2.75, 3.05) is 26.7 Å². The first kappa shape index (κ1) is 25.8. The number of likely N-dealkylation sites (N-methyl/N-ethyl adjacent to an activating group) is 1.